The number of aromatic nitrogens is 2. The molecule has 0 aliphatic heterocycles. The third-order valence-corrected chi connectivity index (χ3v) is 3.95. The van der Waals surface area contributed by atoms with Gasteiger partial charge in [0.15, 0.2) is 5.78 Å². The molecule has 3 nitrogen and oxygen atoms in total. The summed E-state index contributed by atoms with van der Waals surface area (Å²) in [5, 5.41) is 0. The van der Waals surface area contributed by atoms with Gasteiger partial charge in [0, 0.05) is 19.0 Å². The Balaban J connectivity index is 1.91. The van der Waals surface area contributed by atoms with Gasteiger partial charge in [-0.15, -0.1) is 0 Å². The van der Waals surface area contributed by atoms with Crippen LogP contribution in [-0.4, -0.2) is 15.8 Å². The van der Waals surface area contributed by atoms with E-state index >= 15 is 0 Å². The Labute approximate surface area is 125 Å². The fraction of sp³-hybridized carbons (Fsp3) is 0.389. The smallest absolute Gasteiger partial charge is 0.166 e. The Kier molecular flexibility index (Phi) is 3.36. The van der Waals surface area contributed by atoms with Crippen molar-refractivity contribution < 1.29 is 4.79 Å². The SMILES string of the molecule is Cc1cccc(Cc2ncc3c(n2)CC(C)(C)CC3=O)c1. The summed E-state index contributed by atoms with van der Waals surface area (Å²) in [7, 11) is 0. The van der Waals surface area contributed by atoms with Gasteiger partial charge in [-0.2, -0.15) is 0 Å². The van der Waals surface area contributed by atoms with Crippen molar-refractivity contribution in [2.75, 3.05) is 0 Å². The molecular weight excluding hydrogens is 260 g/mol. The molecule has 1 aliphatic rings. The molecule has 0 saturated carbocycles. The summed E-state index contributed by atoms with van der Waals surface area (Å²) in [6, 6.07) is 8.37. The Morgan fingerprint density at radius 3 is 2.81 bits per heavy atom. The summed E-state index contributed by atoms with van der Waals surface area (Å²) in [5.74, 6) is 0.966. The van der Waals surface area contributed by atoms with Crippen LogP contribution in [0.5, 0.6) is 0 Å². The highest BCUT2D eigenvalue weighted by molar-refractivity contribution is 5.98. The van der Waals surface area contributed by atoms with Crippen molar-refractivity contribution in [1.29, 1.82) is 0 Å². The Bertz CT molecular complexity index is 704. The van der Waals surface area contributed by atoms with Crippen LogP contribution in [0.3, 0.4) is 0 Å². The largest absolute Gasteiger partial charge is 0.294 e. The number of rotatable bonds is 2. The van der Waals surface area contributed by atoms with Crippen LogP contribution in [0.4, 0.5) is 0 Å². The fourth-order valence-electron chi connectivity index (χ4n) is 2.96. The van der Waals surface area contributed by atoms with Gasteiger partial charge in [-0.25, -0.2) is 9.97 Å². The predicted octanol–water partition coefficient (Wildman–Crippen LogP) is 3.53. The monoisotopic (exact) mass is 280 g/mol. The van der Waals surface area contributed by atoms with Crippen LogP contribution < -0.4 is 0 Å². The number of nitrogens with zero attached hydrogens (tertiary/aromatic N) is 2. The quantitative estimate of drug-likeness (QED) is 0.845. The normalized spacial score (nSPS) is 16.6. The van der Waals surface area contributed by atoms with Crippen molar-refractivity contribution in [2.24, 2.45) is 5.41 Å². The second-order valence-corrected chi connectivity index (χ2v) is 6.75. The Morgan fingerprint density at radius 2 is 2.05 bits per heavy atom. The zero-order valence-corrected chi connectivity index (χ0v) is 12.8. The molecule has 0 saturated heterocycles. The van der Waals surface area contributed by atoms with Gasteiger partial charge in [0.25, 0.3) is 0 Å². The Morgan fingerprint density at radius 1 is 1.24 bits per heavy atom. The van der Waals surface area contributed by atoms with Gasteiger partial charge < -0.3 is 0 Å². The van der Waals surface area contributed by atoms with Crippen LogP contribution >= 0.6 is 0 Å². The lowest BCUT2D eigenvalue weighted by Gasteiger charge is -2.29. The third kappa shape index (κ3) is 3.02. The summed E-state index contributed by atoms with van der Waals surface area (Å²) < 4.78 is 0. The van der Waals surface area contributed by atoms with Crippen LogP contribution in [-0.2, 0) is 12.8 Å². The number of aryl methyl sites for hydroxylation is 1. The topological polar surface area (TPSA) is 42.9 Å². The minimum atomic E-state index is -0.000951. The number of hydrogen-bond donors (Lipinski definition) is 0. The zero-order chi connectivity index (χ0) is 15.0. The summed E-state index contributed by atoms with van der Waals surface area (Å²) in [6.45, 7) is 6.32. The second kappa shape index (κ2) is 5.06. The molecule has 3 heteroatoms. The molecule has 0 atom stereocenters. The highest BCUT2D eigenvalue weighted by atomic mass is 16.1. The summed E-state index contributed by atoms with van der Waals surface area (Å²) in [4.78, 5) is 21.2. The number of ketones is 1. The average Bonchev–Trinajstić information content (AvgIpc) is 2.36. The molecule has 0 radical (unpaired) electrons. The number of carbonyl (C=O) groups excluding carboxylic acids is 1. The maximum Gasteiger partial charge on any atom is 0.166 e. The highest BCUT2D eigenvalue weighted by Gasteiger charge is 2.32. The minimum Gasteiger partial charge on any atom is -0.294 e. The number of benzene rings is 1. The number of Topliss-reactive ketones (excluding diaryl/α,β-unsaturated/α-hetero) is 1. The molecule has 0 bridgehead atoms. The van der Waals surface area contributed by atoms with Gasteiger partial charge in [0.05, 0.1) is 11.3 Å². The maximum atomic E-state index is 12.1. The van der Waals surface area contributed by atoms with E-state index in [1.807, 2.05) is 0 Å². The second-order valence-electron chi connectivity index (χ2n) is 6.75. The molecular formula is C18H20N2O. The molecule has 1 heterocycles. The molecule has 0 unspecified atom stereocenters. The van der Waals surface area contributed by atoms with Crippen molar-refractivity contribution in [1.82, 2.24) is 9.97 Å². The van der Waals surface area contributed by atoms with E-state index in [9.17, 15) is 4.79 Å². The van der Waals surface area contributed by atoms with E-state index in [2.05, 4.69) is 55.0 Å². The van der Waals surface area contributed by atoms with Crippen LogP contribution in [0.1, 0.15) is 53.3 Å². The van der Waals surface area contributed by atoms with Gasteiger partial charge in [0.1, 0.15) is 5.82 Å². The predicted molar refractivity (Wildman–Crippen MR) is 82.4 cm³/mol. The first-order valence-corrected chi connectivity index (χ1v) is 7.36. The van der Waals surface area contributed by atoms with Crippen molar-refractivity contribution >= 4 is 5.78 Å². The first kappa shape index (κ1) is 13.9. The van der Waals surface area contributed by atoms with Crippen LogP contribution in [0.2, 0.25) is 0 Å². The average molecular weight is 280 g/mol. The lowest BCUT2D eigenvalue weighted by molar-refractivity contribution is 0.0909. The molecule has 0 N–H and O–H groups in total. The number of hydrogen-bond acceptors (Lipinski definition) is 3. The van der Waals surface area contributed by atoms with E-state index < -0.39 is 0 Å². The Hall–Kier alpha value is -2.03. The summed E-state index contributed by atoms with van der Waals surface area (Å²) >= 11 is 0. The molecule has 108 valence electrons. The van der Waals surface area contributed by atoms with Crippen molar-refractivity contribution in [3.63, 3.8) is 0 Å². The van der Waals surface area contributed by atoms with E-state index in [1.54, 1.807) is 6.20 Å². The molecule has 2 aromatic rings. The van der Waals surface area contributed by atoms with Crippen molar-refractivity contribution in [3.05, 3.63) is 58.7 Å². The van der Waals surface area contributed by atoms with Gasteiger partial charge in [0.2, 0.25) is 0 Å². The lowest BCUT2D eigenvalue weighted by atomic mass is 9.76. The zero-order valence-electron chi connectivity index (χ0n) is 12.8. The molecule has 1 aromatic heterocycles. The first-order chi connectivity index (χ1) is 9.93. The van der Waals surface area contributed by atoms with E-state index in [4.69, 9.17) is 0 Å². The first-order valence-electron chi connectivity index (χ1n) is 7.36. The minimum absolute atomic E-state index is 0.000951. The number of fused-ring (bicyclic) bond motifs is 1. The molecule has 0 amide bonds. The van der Waals surface area contributed by atoms with Crippen LogP contribution in [0.15, 0.2) is 30.5 Å². The molecule has 1 aliphatic carbocycles. The molecule has 21 heavy (non-hydrogen) atoms. The molecule has 0 spiro atoms. The van der Waals surface area contributed by atoms with E-state index in [-0.39, 0.29) is 11.2 Å². The van der Waals surface area contributed by atoms with Crippen molar-refractivity contribution in [3.8, 4) is 0 Å². The van der Waals surface area contributed by atoms with Gasteiger partial charge >= 0.3 is 0 Å². The molecule has 3 rings (SSSR count). The maximum absolute atomic E-state index is 12.1. The van der Waals surface area contributed by atoms with Gasteiger partial charge in [-0.05, 0) is 24.3 Å². The van der Waals surface area contributed by atoms with E-state index in [1.165, 1.54) is 11.1 Å². The summed E-state index contributed by atoms with van der Waals surface area (Å²) in [5.41, 5.74) is 4.06. The van der Waals surface area contributed by atoms with Gasteiger partial charge in [-0.3, -0.25) is 4.79 Å². The van der Waals surface area contributed by atoms with Crippen LogP contribution in [0, 0.1) is 12.3 Å². The van der Waals surface area contributed by atoms with E-state index in [0.717, 1.165) is 17.9 Å². The third-order valence-electron chi connectivity index (χ3n) is 3.95. The van der Waals surface area contributed by atoms with E-state index in [0.29, 0.717) is 18.4 Å². The highest BCUT2D eigenvalue weighted by Crippen LogP contribution is 2.33. The fourth-order valence-corrected chi connectivity index (χ4v) is 2.96. The summed E-state index contributed by atoms with van der Waals surface area (Å²) in [6.07, 6.45) is 3.85. The number of carbonyl (C=O) groups is 1. The standard InChI is InChI=1S/C18H20N2O/c1-12-5-4-6-13(7-12)8-17-19-11-14-15(20-17)9-18(2,3)10-16(14)21/h4-7,11H,8-10H2,1-3H3. The van der Waals surface area contributed by atoms with Gasteiger partial charge in [-0.1, -0.05) is 43.7 Å². The van der Waals surface area contributed by atoms with Crippen LogP contribution in [0.25, 0.3) is 0 Å². The molecule has 0 fully saturated rings. The van der Waals surface area contributed by atoms with Crippen molar-refractivity contribution in [2.45, 2.75) is 40.0 Å². The lowest BCUT2D eigenvalue weighted by Crippen LogP contribution is -2.28. The molecule has 1 aromatic carbocycles.